The topological polar surface area (TPSA) is 55.2 Å². The van der Waals surface area contributed by atoms with E-state index in [0.717, 1.165) is 16.1 Å². The molecule has 0 spiro atoms. The Morgan fingerprint density at radius 3 is 2.40 bits per heavy atom. The third kappa shape index (κ3) is 3.79. The Morgan fingerprint density at radius 2 is 1.70 bits per heavy atom. The van der Waals surface area contributed by atoms with Gasteiger partial charge in [-0.25, -0.2) is 0 Å². The van der Waals surface area contributed by atoms with E-state index in [1.165, 1.54) is 6.07 Å². The molecule has 5 heteroatoms. The van der Waals surface area contributed by atoms with Gasteiger partial charge >= 0.3 is 0 Å². The molecular formula is C15H15ClN2O2. The maximum Gasteiger partial charge on any atom is 0.272 e. The minimum atomic E-state index is -0.344. The summed E-state index contributed by atoms with van der Waals surface area (Å²) in [6.07, 6.45) is 0.613. The molecule has 0 aliphatic carbocycles. The maximum atomic E-state index is 10.9. The molecule has 0 saturated heterocycles. The molecule has 0 aliphatic rings. The van der Waals surface area contributed by atoms with E-state index in [4.69, 9.17) is 11.6 Å². The third-order valence-corrected chi connectivity index (χ3v) is 3.40. The summed E-state index contributed by atoms with van der Waals surface area (Å²) in [5.41, 5.74) is 1.94. The number of benzene rings is 2. The number of halogens is 1. The molecule has 0 amide bonds. The van der Waals surface area contributed by atoms with Crippen LogP contribution in [0.4, 0.5) is 5.69 Å². The van der Waals surface area contributed by atoms with Gasteiger partial charge in [0.05, 0.1) is 4.92 Å². The predicted octanol–water partition coefficient (Wildman–Crippen LogP) is 3.58. The average molecular weight is 291 g/mol. The summed E-state index contributed by atoms with van der Waals surface area (Å²) in [5.74, 6) is 0. The van der Waals surface area contributed by atoms with Gasteiger partial charge in [-0.1, -0.05) is 48.0 Å². The number of nitrogens with zero attached hydrogens (tertiary/aromatic N) is 1. The summed E-state index contributed by atoms with van der Waals surface area (Å²) in [4.78, 5) is 10.5. The van der Waals surface area contributed by atoms with Crippen molar-refractivity contribution in [2.75, 3.05) is 6.54 Å². The van der Waals surface area contributed by atoms with Gasteiger partial charge in [-0.2, -0.15) is 0 Å². The highest BCUT2D eigenvalue weighted by molar-refractivity contribution is 6.31. The summed E-state index contributed by atoms with van der Waals surface area (Å²) < 4.78 is 0. The smallest absolute Gasteiger partial charge is 0.272 e. The van der Waals surface area contributed by atoms with E-state index in [-0.39, 0.29) is 10.6 Å². The number of para-hydroxylation sites is 1. The van der Waals surface area contributed by atoms with Crippen LogP contribution >= 0.6 is 11.6 Å². The van der Waals surface area contributed by atoms with Gasteiger partial charge in [0.15, 0.2) is 0 Å². The molecular weight excluding hydrogens is 276 g/mol. The SMILES string of the molecule is O=[N+]([O-])c1ccccc1CCNCc1ccccc1Cl. The molecule has 20 heavy (non-hydrogen) atoms. The highest BCUT2D eigenvalue weighted by Gasteiger charge is 2.11. The molecule has 0 saturated carbocycles. The molecule has 2 aromatic carbocycles. The zero-order valence-electron chi connectivity index (χ0n) is 10.9. The summed E-state index contributed by atoms with van der Waals surface area (Å²) >= 11 is 6.06. The molecule has 2 rings (SSSR count). The first-order valence-corrected chi connectivity index (χ1v) is 6.72. The Bertz CT molecular complexity index is 602. The van der Waals surface area contributed by atoms with Crippen molar-refractivity contribution in [1.82, 2.24) is 5.32 Å². The predicted molar refractivity (Wildman–Crippen MR) is 80.0 cm³/mol. The van der Waals surface area contributed by atoms with Crippen molar-refractivity contribution in [1.29, 1.82) is 0 Å². The number of hydrogen-bond donors (Lipinski definition) is 1. The fourth-order valence-corrected chi connectivity index (χ4v) is 2.19. The van der Waals surface area contributed by atoms with Crippen LogP contribution in [0.5, 0.6) is 0 Å². The average Bonchev–Trinajstić information content (AvgIpc) is 2.45. The number of nitrogens with one attached hydrogen (secondary N) is 1. The van der Waals surface area contributed by atoms with Gasteiger partial charge in [-0.05, 0) is 24.6 Å². The fourth-order valence-electron chi connectivity index (χ4n) is 1.99. The quantitative estimate of drug-likeness (QED) is 0.502. The van der Waals surface area contributed by atoms with Gasteiger partial charge in [0.25, 0.3) is 5.69 Å². The van der Waals surface area contributed by atoms with E-state index < -0.39 is 0 Å². The molecule has 0 aromatic heterocycles. The van der Waals surface area contributed by atoms with Gasteiger partial charge in [0.2, 0.25) is 0 Å². The van der Waals surface area contributed by atoms with Crippen LogP contribution in [0.1, 0.15) is 11.1 Å². The highest BCUT2D eigenvalue weighted by Crippen LogP contribution is 2.18. The number of rotatable bonds is 6. The highest BCUT2D eigenvalue weighted by atomic mass is 35.5. The van der Waals surface area contributed by atoms with E-state index in [0.29, 0.717) is 19.5 Å². The van der Waals surface area contributed by atoms with E-state index in [2.05, 4.69) is 5.32 Å². The van der Waals surface area contributed by atoms with Crippen LogP contribution in [0.2, 0.25) is 5.02 Å². The van der Waals surface area contributed by atoms with Crippen molar-refractivity contribution in [3.8, 4) is 0 Å². The minimum Gasteiger partial charge on any atom is -0.312 e. The van der Waals surface area contributed by atoms with E-state index in [1.807, 2.05) is 30.3 Å². The lowest BCUT2D eigenvalue weighted by atomic mass is 10.1. The molecule has 2 aromatic rings. The molecule has 0 aliphatic heterocycles. The summed E-state index contributed by atoms with van der Waals surface area (Å²) in [7, 11) is 0. The van der Waals surface area contributed by atoms with E-state index >= 15 is 0 Å². The monoisotopic (exact) mass is 290 g/mol. The fraction of sp³-hybridized carbons (Fsp3) is 0.200. The molecule has 0 radical (unpaired) electrons. The lowest BCUT2D eigenvalue weighted by molar-refractivity contribution is -0.385. The molecule has 0 heterocycles. The normalized spacial score (nSPS) is 10.4. The standard InChI is InChI=1S/C15H15ClN2O2/c16-14-7-3-1-6-13(14)11-17-10-9-12-5-2-4-8-15(12)18(19)20/h1-8,17H,9-11H2. The lowest BCUT2D eigenvalue weighted by Crippen LogP contribution is -2.17. The minimum absolute atomic E-state index is 0.173. The molecule has 0 atom stereocenters. The van der Waals surface area contributed by atoms with Crippen LogP contribution in [0.25, 0.3) is 0 Å². The van der Waals surface area contributed by atoms with Crippen molar-refractivity contribution in [2.45, 2.75) is 13.0 Å². The molecule has 4 nitrogen and oxygen atoms in total. The Labute approximate surface area is 122 Å². The second-order valence-electron chi connectivity index (χ2n) is 4.40. The summed E-state index contributed by atoms with van der Waals surface area (Å²) in [6, 6.07) is 14.4. The van der Waals surface area contributed by atoms with Crippen LogP contribution in [-0.4, -0.2) is 11.5 Å². The zero-order valence-corrected chi connectivity index (χ0v) is 11.6. The van der Waals surface area contributed by atoms with Crippen LogP contribution in [-0.2, 0) is 13.0 Å². The molecule has 1 N–H and O–H groups in total. The zero-order chi connectivity index (χ0) is 14.4. The van der Waals surface area contributed by atoms with E-state index in [9.17, 15) is 10.1 Å². The number of nitro benzene ring substituents is 1. The molecule has 0 unspecified atom stereocenters. The first-order chi connectivity index (χ1) is 9.68. The van der Waals surface area contributed by atoms with Gasteiger partial charge < -0.3 is 5.32 Å². The summed E-state index contributed by atoms with van der Waals surface area (Å²) in [6.45, 7) is 1.32. The Balaban J connectivity index is 1.88. The van der Waals surface area contributed by atoms with Gasteiger partial charge in [-0.3, -0.25) is 10.1 Å². The van der Waals surface area contributed by atoms with Crippen molar-refractivity contribution in [3.05, 3.63) is 74.8 Å². The van der Waals surface area contributed by atoms with Crippen molar-refractivity contribution >= 4 is 17.3 Å². The number of nitro groups is 1. The Kier molecular flexibility index (Phi) is 5.09. The maximum absolute atomic E-state index is 10.9. The van der Waals surface area contributed by atoms with Gasteiger partial charge in [0, 0.05) is 23.2 Å². The molecule has 0 bridgehead atoms. The summed E-state index contributed by atoms with van der Waals surface area (Å²) in [5, 5.41) is 14.9. The van der Waals surface area contributed by atoms with Crippen LogP contribution < -0.4 is 5.32 Å². The molecule has 104 valence electrons. The van der Waals surface area contributed by atoms with Gasteiger partial charge in [-0.15, -0.1) is 0 Å². The van der Waals surface area contributed by atoms with Crippen LogP contribution in [0.3, 0.4) is 0 Å². The first kappa shape index (κ1) is 14.5. The van der Waals surface area contributed by atoms with Crippen molar-refractivity contribution < 1.29 is 4.92 Å². The van der Waals surface area contributed by atoms with Crippen molar-refractivity contribution in [3.63, 3.8) is 0 Å². The van der Waals surface area contributed by atoms with Crippen LogP contribution in [0.15, 0.2) is 48.5 Å². The third-order valence-electron chi connectivity index (χ3n) is 3.03. The van der Waals surface area contributed by atoms with Gasteiger partial charge in [0.1, 0.15) is 0 Å². The van der Waals surface area contributed by atoms with E-state index in [1.54, 1.807) is 12.1 Å². The Morgan fingerprint density at radius 1 is 1.05 bits per heavy atom. The Hall–Kier alpha value is -1.91. The number of hydrogen-bond acceptors (Lipinski definition) is 3. The first-order valence-electron chi connectivity index (χ1n) is 6.35. The second kappa shape index (κ2) is 7.03. The second-order valence-corrected chi connectivity index (χ2v) is 4.81. The van der Waals surface area contributed by atoms with Crippen molar-refractivity contribution in [2.24, 2.45) is 0 Å². The molecule has 0 fully saturated rings. The largest absolute Gasteiger partial charge is 0.312 e. The lowest BCUT2D eigenvalue weighted by Gasteiger charge is -2.07. The van der Waals surface area contributed by atoms with Crippen LogP contribution in [0, 0.1) is 10.1 Å².